The lowest BCUT2D eigenvalue weighted by Crippen LogP contribution is -2.27. The summed E-state index contributed by atoms with van der Waals surface area (Å²) in [6.45, 7) is 4.36. The van der Waals surface area contributed by atoms with Crippen molar-refractivity contribution < 1.29 is 4.74 Å². The molecular weight excluding hydrogens is 336 g/mol. The predicted molar refractivity (Wildman–Crippen MR) is 108 cm³/mol. The normalized spacial score (nSPS) is 22.4. The molecule has 1 aliphatic carbocycles. The van der Waals surface area contributed by atoms with Crippen molar-refractivity contribution in [2.45, 2.75) is 38.1 Å². The summed E-state index contributed by atoms with van der Waals surface area (Å²) in [6, 6.07) is 13.1. The number of hydrogen-bond acceptors (Lipinski definition) is 5. The Morgan fingerprint density at radius 3 is 2.37 bits per heavy atom. The lowest BCUT2D eigenvalue weighted by Gasteiger charge is -2.35. The van der Waals surface area contributed by atoms with E-state index in [1.54, 1.807) is 0 Å². The second kappa shape index (κ2) is 8.26. The van der Waals surface area contributed by atoms with Crippen LogP contribution >= 0.6 is 0 Å². The smallest absolute Gasteiger partial charge is 0.233 e. The first kappa shape index (κ1) is 18.2. The lowest BCUT2D eigenvalue weighted by molar-refractivity contribution is 0.153. The van der Waals surface area contributed by atoms with Crippen molar-refractivity contribution in [1.82, 2.24) is 15.1 Å². The van der Waals surface area contributed by atoms with Crippen molar-refractivity contribution in [3.05, 3.63) is 47.5 Å². The minimum Gasteiger partial charge on any atom is -0.476 e. The number of ether oxygens (including phenoxy) is 1. The zero-order valence-electron chi connectivity index (χ0n) is 16.5. The third kappa shape index (κ3) is 4.59. The lowest BCUT2D eigenvalue weighted by atomic mass is 9.72. The average molecular weight is 367 g/mol. The number of nitrogens with zero attached hydrogens (tertiary/aromatic N) is 4. The van der Waals surface area contributed by atoms with Crippen molar-refractivity contribution in [1.29, 1.82) is 0 Å². The van der Waals surface area contributed by atoms with E-state index in [-0.39, 0.29) is 0 Å². The molecule has 0 unspecified atom stereocenters. The van der Waals surface area contributed by atoms with Gasteiger partial charge in [0.05, 0.1) is 6.61 Å². The molecular formula is C22H30N4O. The maximum atomic E-state index is 5.82. The van der Waals surface area contributed by atoms with E-state index in [1.807, 2.05) is 31.1 Å². The van der Waals surface area contributed by atoms with Crippen molar-refractivity contribution in [3.8, 4) is 5.88 Å². The molecule has 1 aromatic heterocycles. The largest absolute Gasteiger partial charge is 0.476 e. The number of hydrogen-bond donors (Lipinski definition) is 0. The van der Waals surface area contributed by atoms with E-state index in [9.17, 15) is 0 Å². The molecule has 0 atom stereocenters. The Morgan fingerprint density at radius 2 is 1.74 bits per heavy atom. The summed E-state index contributed by atoms with van der Waals surface area (Å²) in [5, 5.41) is 8.30. The molecule has 1 aliphatic heterocycles. The predicted octanol–water partition coefficient (Wildman–Crippen LogP) is 3.71. The summed E-state index contributed by atoms with van der Waals surface area (Å²) >= 11 is 0. The van der Waals surface area contributed by atoms with E-state index in [0.717, 1.165) is 19.0 Å². The van der Waals surface area contributed by atoms with E-state index in [1.165, 1.54) is 49.9 Å². The fourth-order valence-corrected chi connectivity index (χ4v) is 4.07. The molecule has 2 aliphatic rings. The van der Waals surface area contributed by atoms with Gasteiger partial charge in [-0.15, -0.1) is 10.2 Å². The zero-order valence-corrected chi connectivity index (χ0v) is 16.5. The molecule has 0 spiro atoms. The molecule has 0 N–H and O–H groups in total. The number of likely N-dealkylation sites (tertiary alicyclic amines) is 1. The average Bonchev–Trinajstić information content (AvgIpc) is 3.15. The molecule has 5 heteroatoms. The summed E-state index contributed by atoms with van der Waals surface area (Å²) in [5.41, 5.74) is 2.92. The second-order valence-electron chi connectivity index (χ2n) is 8.19. The third-order valence-corrected chi connectivity index (χ3v) is 5.84. The molecule has 0 radical (unpaired) electrons. The van der Waals surface area contributed by atoms with E-state index < -0.39 is 0 Å². The molecule has 2 aromatic rings. The number of benzene rings is 1. The zero-order chi connectivity index (χ0) is 18.6. The third-order valence-electron chi connectivity index (χ3n) is 5.84. The molecule has 1 saturated heterocycles. The fourth-order valence-electron chi connectivity index (χ4n) is 4.07. The summed E-state index contributed by atoms with van der Waals surface area (Å²) in [4.78, 5) is 4.49. The standard InChI is InChI=1S/C22H30N4O/c1-25(2)21-9-10-22(24-23-21)27-16-18-13-20(14-18)19-7-5-17(6-8-19)15-26-11-3-4-12-26/h5-10,18,20H,3-4,11-16H2,1-2H3. The van der Waals surface area contributed by atoms with Crippen LogP contribution < -0.4 is 9.64 Å². The van der Waals surface area contributed by atoms with E-state index in [4.69, 9.17) is 4.74 Å². The maximum Gasteiger partial charge on any atom is 0.233 e. The van der Waals surface area contributed by atoms with Crippen LogP contribution in [0.25, 0.3) is 0 Å². The Labute approximate surface area is 162 Å². The van der Waals surface area contributed by atoms with Crippen LogP contribution in [0.2, 0.25) is 0 Å². The molecule has 0 amide bonds. The van der Waals surface area contributed by atoms with Gasteiger partial charge in [-0.2, -0.15) is 0 Å². The van der Waals surface area contributed by atoms with Gasteiger partial charge in [0.1, 0.15) is 0 Å². The molecule has 1 aromatic carbocycles. The second-order valence-corrected chi connectivity index (χ2v) is 8.19. The van der Waals surface area contributed by atoms with Gasteiger partial charge in [0, 0.05) is 26.7 Å². The molecule has 2 heterocycles. The highest BCUT2D eigenvalue weighted by atomic mass is 16.5. The van der Waals surface area contributed by atoms with E-state index >= 15 is 0 Å². The van der Waals surface area contributed by atoms with Gasteiger partial charge in [0.2, 0.25) is 5.88 Å². The van der Waals surface area contributed by atoms with Crippen molar-refractivity contribution in [3.63, 3.8) is 0 Å². The van der Waals surface area contributed by atoms with Crippen LogP contribution in [0.1, 0.15) is 42.7 Å². The van der Waals surface area contributed by atoms with E-state index in [0.29, 0.717) is 17.7 Å². The molecule has 1 saturated carbocycles. The number of rotatable bonds is 7. The monoisotopic (exact) mass is 366 g/mol. The van der Waals surface area contributed by atoms with Gasteiger partial charge in [0.25, 0.3) is 0 Å². The topological polar surface area (TPSA) is 41.5 Å². The van der Waals surface area contributed by atoms with Crippen LogP contribution in [0.5, 0.6) is 5.88 Å². The van der Waals surface area contributed by atoms with Crippen LogP contribution in [-0.2, 0) is 6.54 Å². The van der Waals surface area contributed by atoms with Gasteiger partial charge < -0.3 is 9.64 Å². The Balaban J connectivity index is 1.21. The molecule has 27 heavy (non-hydrogen) atoms. The summed E-state index contributed by atoms with van der Waals surface area (Å²) in [7, 11) is 3.91. The fraction of sp³-hybridized carbons (Fsp3) is 0.545. The Hall–Kier alpha value is -2.14. The van der Waals surface area contributed by atoms with Crippen LogP contribution in [0.15, 0.2) is 36.4 Å². The van der Waals surface area contributed by atoms with Crippen LogP contribution in [0.3, 0.4) is 0 Å². The van der Waals surface area contributed by atoms with Gasteiger partial charge in [-0.25, -0.2) is 0 Å². The Morgan fingerprint density at radius 1 is 1.00 bits per heavy atom. The quantitative estimate of drug-likeness (QED) is 0.747. The SMILES string of the molecule is CN(C)c1ccc(OCC2CC(c3ccc(CN4CCCC4)cc3)C2)nn1. The minimum atomic E-state index is 0.620. The molecule has 144 valence electrons. The van der Waals surface area contributed by atoms with Crippen LogP contribution in [0, 0.1) is 5.92 Å². The first-order valence-electron chi connectivity index (χ1n) is 10.1. The van der Waals surface area contributed by atoms with Gasteiger partial charge in [-0.05, 0) is 67.8 Å². The number of anilines is 1. The van der Waals surface area contributed by atoms with Gasteiger partial charge >= 0.3 is 0 Å². The molecule has 2 fully saturated rings. The van der Waals surface area contributed by atoms with Gasteiger partial charge in [0.15, 0.2) is 5.82 Å². The molecule has 5 nitrogen and oxygen atoms in total. The Kier molecular flexibility index (Phi) is 5.58. The first-order valence-corrected chi connectivity index (χ1v) is 10.1. The highest BCUT2D eigenvalue weighted by Crippen LogP contribution is 2.41. The first-order chi connectivity index (χ1) is 13.2. The highest BCUT2D eigenvalue weighted by molar-refractivity contribution is 5.35. The van der Waals surface area contributed by atoms with Crippen molar-refractivity contribution in [2.75, 3.05) is 38.7 Å². The van der Waals surface area contributed by atoms with E-state index in [2.05, 4.69) is 39.4 Å². The molecule has 4 rings (SSSR count). The Bertz CT molecular complexity index is 717. The maximum absolute atomic E-state index is 5.82. The minimum absolute atomic E-state index is 0.620. The summed E-state index contributed by atoms with van der Waals surface area (Å²) in [6.07, 6.45) is 5.12. The van der Waals surface area contributed by atoms with Gasteiger partial charge in [-0.3, -0.25) is 4.90 Å². The number of aromatic nitrogens is 2. The highest BCUT2D eigenvalue weighted by Gasteiger charge is 2.30. The molecule has 0 bridgehead atoms. The van der Waals surface area contributed by atoms with Gasteiger partial charge in [-0.1, -0.05) is 24.3 Å². The summed E-state index contributed by atoms with van der Waals surface area (Å²) < 4.78 is 5.82. The van der Waals surface area contributed by atoms with Crippen molar-refractivity contribution in [2.24, 2.45) is 5.92 Å². The van der Waals surface area contributed by atoms with Crippen LogP contribution in [-0.4, -0.2) is 48.9 Å². The summed E-state index contributed by atoms with van der Waals surface area (Å²) in [5.74, 6) is 2.77. The van der Waals surface area contributed by atoms with Crippen molar-refractivity contribution >= 4 is 5.82 Å². The van der Waals surface area contributed by atoms with Crippen LogP contribution in [0.4, 0.5) is 5.82 Å².